The zero-order valence-corrected chi connectivity index (χ0v) is 11.5. The van der Waals surface area contributed by atoms with Crippen LogP contribution in [-0.4, -0.2) is 21.5 Å². The maximum absolute atomic E-state index is 9.75. The summed E-state index contributed by atoms with van der Waals surface area (Å²) >= 11 is 0. The van der Waals surface area contributed by atoms with E-state index in [4.69, 9.17) is 0 Å². The first-order valence-electron chi connectivity index (χ1n) is 6.81. The average Bonchev–Trinajstić information content (AvgIpc) is 2.62. The van der Waals surface area contributed by atoms with Gasteiger partial charge in [-0.15, -0.1) is 0 Å². The molecule has 0 radical (unpaired) electrons. The van der Waals surface area contributed by atoms with Gasteiger partial charge in [-0.2, -0.15) is 0 Å². The molecule has 1 atom stereocenters. The van der Waals surface area contributed by atoms with Gasteiger partial charge in [0.25, 0.3) is 0 Å². The Morgan fingerprint density at radius 2 is 2.21 bits per heavy atom. The SMILES string of the molecule is CC1(C)CN(Cc2ccccn2)C2=CC=C(O)CC21. The maximum atomic E-state index is 9.75. The highest BCUT2D eigenvalue weighted by molar-refractivity contribution is 5.29. The molecule has 19 heavy (non-hydrogen) atoms. The summed E-state index contributed by atoms with van der Waals surface area (Å²) in [6.45, 7) is 6.42. The van der Waals surface area contributed by atoms with Crippen LogP contribution in [-0.2, 0) is 6.54 Å². The second-order valence-corrected chi connectivity index (χ2v) is 6.17. The van der Waals surface area contributed by atoms with E-state index in [-0.39, 0.29) is 5.41 Å². The van der Waals surface area contributed by atoms with Crippen LogP contribution in [0.3, 0.4) is 0 Å². The summed E-state index contributed by atoms with van der Waals surface area (Å²) in [5.74, 6) is 0.919. The molecule has 2 aliphatic rings. The number of fused-ring (bicyclic) bond motifs is 1. The van der Waals surface area contributed by atoms with E-state index in [1.807, 2.05) is 24.4 Å². The molecule has 0 amide bonds. The molecule has 1 aliphatic carbocycles. The number of aromatic nitrogens is 1. The highest BCUT2D eigenvalue weighted by atomic mass is 16.3. The molecule has 0 spiro atoms. The van der Waals surface area contributed by atoms with Crippen molar-refractivity contribution in [2.45, 2.75) is 26.8 Å². The fourth-order valence-electron chi connectivity index (χ4n) is 3.21. The van der Waals surface area contributed by atoms with Gasteiger partial charge in [0.2, 0.25) is 0 Å². The normalized spacial score (nSPS) is 24.7. The van der Waals surface area contributed by atoms with Crippen LogP contribution < -0.4 is 0 Å². The minimum absolute atomic E-state index is 0.197. The Morgan fingerprint density at radius 1 is 1.37 bits per heavy atom. The monoisotopic (exact) mass is 256 g/mol. The van der Waals surface area contributed by atoms with E-state index < -0.39 is 0 Å². The topological polar surface area (TPSA) is 36.4 Å². The molecule has 1 unspecified atom stereocenters. The van der Waals surface area contributed by atoms with Gasteiger partial charge < -0.3 is 10.0 Å². The summed E-state index contributed by atoms with van der Waals surface area (Å²) in [5.41, 5.74) is 2.63. The Balaban J connectivity index is 1.87. The van der Waals surface area contributed by atoms with Crippen molar-refractivity contribution in [2.24, 2.45) is 11.3 Å². The van der Waals surface area contributed by atoms with Crippen molar-refractivity contribution in [3.63, 3.8) is 0 Å². The first-order valence-corrected chi connectivity index (χ1v) is 6.81. The van der Waals surface area contributed by atoms with E-state index in [0.29, 0.717) is 11.7 Å². The van der Waals surface area contributed by atoms with Crippen molar-refractivity contribution in [1.82, 2.24) is 9.88 Å². The third-order valence-electron chi connectivity index (χ3n) is 4.20. The largest absolute Gasteiger partial charge is 0.512 e. The third kappa shape index (κ3) is 2.25. The van der Waals surface area contributed by atoms with E-state index in [1.165, 1.54) is 5.70 Å². The molecule has 3 rings (SSSR count). The van der Waals surface area contributed by atoms with Crippen LogP contribution in [0.1, 0.15) is 26.0 Å². The number of aliphatic hydroxyl groups excluding tert-OH is 1. The standard InChI is InChI=1S/C16H20N2O/c1-16(2)11-18(10-12-5-3-4-8-17-12)15-7-6-13(19)9-14(15)16/h3-8,14,19H,9-11H2,1-2H3. The number of nitrogens with zero attached hydrogens (tertiary/aromatic N) is 2. The first kappa shape index (κ1) is 12.3. The second kappa shape index (κ2) is 4.41. The van der Waals surface area contributed by atoms with Gasteiger partial charge in [0, 0.05) is 30.8 Å². The van der Waals surface area contributed by atoms with Crippen LogP contribution in [0.5, 0.6) is 0 Å². The van der Waals surface area contributed by atoms with Crippen LogP contribution in [0.4, 0.5) is 0 Å². The highest BCUT2D eigenvalue weighted by Gasteiger charge is 2.43. The zero-order valence-electron chi connectivity index (χ0n) is 11.5. The van der Waals surface area contributed by atoms with E-state index in [9.17, 15) is 5.11 Å². The van der Waals surface area contributed by atoms with Crippen molar-refractivity contribution in [3.8, 4) is 0 Å². The van der Waals surface area contributed by atoms with Gasteiger partial charge >= 0.3 is 0 Å². The molecule has 1 aromatic rings. The summed E-state index contributed by atoms with van der Waals surface area (Å²) < 4.78 is 0. The van der Waals surface area contributed by atoms with Gasteiger partial charge in [-0.05, 0) is 29.7 Å². The molecule has 0 saturated carbocycles. The van der Waals surface area contributed by atoms with Crippen LogP contribution in [0.15, 0.2) is 48.0 Å². The lowest BCUT2D eigenvalue weighted by Gasteiger charge is -2.27. The summed E-state index contributed by atoms with van der Waals surface area (Å²) in [7, 11) is 0. The van der Waals surface area contributed by atoms with Gasteiger partial charge in [0.05, 0.1) is 18.0 Å². The average molecular weight is 256 g/mol. The lowest BCUT2D eigenvalue weighted by molar-refractivity contribution is 0.248. The number of pyridine rings is 1. The number of hydrogen-bond donors (Lipinski definition) is 1. The molecular formula is C16H20N2O. The quantitative estimate of drug-likeness (QED) is 0.882. The molecule has 1 aromatic heterocycles. The Bertz CT molecular complexity index is 531. The molecule has 1 aliphatic heterocycles. The van der Waals surface area contributed by atoms with Crippen molar-refractivity contribution in [3.05, 3.63) is 53.7 Å². The molecule has 1 fully saturated rings. The van der Waals surface area contributed by atoms with Crippen LogP contribution in [0.25, 0.3) is 0 Å². The third-order valence-corrected chi connectivity index (χ3v) is 4.20. The molecule has 0 bridgehead atoms. The number of likely N-dealkylation sites (tertiary alicyclic amines) is 1. The molecule has 1 N–H and O–H groups in total. The molecule has 2 heterocycles. The van der Waals surface area contributed by atoms with Gasteiger partial charge in [0.15, 0.2) is 0 Å². The molecular weight excluding hydrogens is 236 g/mol. The van der Waals surface area contributed by atoms with E-state index in [1.54, 1.807) is 0 Å². The molecule has 100 valence electrons. The van der Waals surface area contributed by atoms with Crippen molar-refractivity contribution < 1.29 is 5.11 Å². The van der Waals surface area contributed by atoms with Crippen molar-refractivity contribution in [2.75, 3.05) is 6.54 Å². The lowest BCUT2D eigenvalue weighted by atomic mass is 9.77. The summed E-state index contributed by atoms with van der Waals surface area (Å²) in [5, 5.41) is 9.75. The predicted molar refractivity (Wildman–Crippen MR) is 75.3 cm³/mol. The molecule has 1 saturated heterocycles. The second-order valence-electron chi connectivity index (χ2n) is 6.17. The van der Waals surface area contributed by atoms with Crippen LogP contribution in [0, 0.1) is 11.3 Å². The molecule has 3 nitrogen and oxygen atoms in total. The minimum Gasteiger partial charge on any atom is -0.512 e. The van der Waals surface area contributed by atoms with E-state index >= 15 is 0 Å². The number of rotatable bonds is 2. The number of allylic oxidation sites excluding steroid dienone is 4. The summed E-state index contributed by atoms with van der Waals surface area (Å²) in [6, 6.07) is 6.04. The van der Waals surface area contributed by atoms with Gasteiger partial charge in [-0.25, -0.2) is 0 Å². The van der Waals surface area contributed by atoms with Crippen molar-refractivity contribution >= 4 is 0 Å². The van der Waals surface area contributed by atoms with E-state index in [2.05, 4.69) is 35.9 Å². The Labute approximate surface area is 114 Å². The predicted octanol–water partition coefficient (Wildman–Crippen LogP) is 3.27. The molecule has 3 heteroatoms. The maximum Gasteiger partial charge on any atom is 0.0930 e. The Kier molecular flexibility index (Phi) is 2.85. The fourth-order valence-corrected chi connectivity index (χ4v) is 3.21. The summed E-state index contributed by atoms with van der Waals surface area (Å²) in [4.78, 5) is 6.81. The minimum atomic E-state index is 0.197. The van der Waals surface area contributed by atoms with Crippen LogP contribution in [0.2, 0.25) is 0 Å². The lowest BCUT2D eigenvalue weighted by Crippen LogP contribution is -2.24. The smallest absolute Gasteiger partial charge is 0.0930 e. The van der Waals surface area contributed by atoms with Crippen molar-refractivity contribution in [1.29, 1.82) is 0 Å². The number of aliphatic hydroxyl groups is 1. The zero-order chi connectivity index (χ0) is 13.5. The summed E-state index contributed by atoms with van der Waals surface area (Å²) in [6.07, 6.45) is 6.51. The first-order chi connectivity index (χ1) is 9.06. The van der Waals surface area contributed by atoms with E-state index in [0.717, 1.165) is 25.2 Å². The molecule has 0 aromatic carbocycles. The number of hydrogen-bond acceptors (Lipinski definition) is 3. The van der Waals surface area contributed by atoms with Gasteiger partial charge in [-0.3, -0.25) is 4.98 Å². The Morgan fingerprint density at radius 3 is 2.95 bits per heavy atom. The van der Waals surface area contributed by atoms with Crippen LogP contribution >= 0.6 is 0 Å². The highest BCUT2D eigenvalue weighted by Crippen LogP contribution is 2.47. The van der Waals surface area contributed by atoms with Gasteiger partial charge in [-0.1, -0.05) is 19.9 Å². The Hall–Kier alpha value is -1.77. The fraction of sp³-hybridized carbons (Fsp3) is 0.438. The van der Waals surface area contributed by atoms with Gasteiger partial charge in [0.1, 0.15) is 0 Å².